The molecule has 2 aromatic carbocycles. The van der Waals surface area contributed by atoms with Crippen molar-refractivity contribution in [1.29, 1.82) is 0 Å². The summed E-state index contributed by atoms with van der Waals surface area (Å²) in [7, 11) is 1.56. The zero-order valence-electron chi connectivity index (χ0n) is 14.8. The second-order valence-electron chi connectivity index (χ2n) is 5.54. The Kier molecular flexibility index (Phi) is 6.73. The first-order chi connectivity index (χ1) is 12.5. The number of nitrogens with one attached hydrogen (secondary N) is 4. The Bertz CT molecular complexity index is 788. The fourth-order valence-corrected chi connectivity index (χ4v) is 2.19. The molecule has 4 N–H and O–H groups in total. The number of benzene rings is 2. The van der Waals surface area contributed by atoms with Crippen LogP contribution in [0.4, 0.5) is 17.1 Å². The molecule has 0 spiro atoms. The van der Waals surface area contributed by atoms with Crippen LogP contribution in [0.2, 0.25) is 0 Å². The summed E-state index contributed by atoms with van der Waals surface area (Å²) in [4.78, 5) is 35.0. The zero-order valence-corrected chi connectivity index (χ0v) is 14.8. The summed E-state index contributed by atoms with van der Waals surface area (Å²) in [5, 5.41) is 11.1. The lowest BCUT2D eigenvalue weighted by Crippen LogP contribution is -2.22. The number of hydrogen-bond acceptors (Lipinski definition) is 4. The van der Waals surface area contributed by atoms with Gasteiger partial charge in [-0.2, -0.15) is 0 Å². The maximum atomic E-state index is 12.0. The third kappa shape index (κ3) is 5.62. The van der Waals surface area contributed by atoms with E-state index in [0.29, 0.717) is 23.4 Å². The second-order valence-corrected chi connectivity index (χ2v) is 5.54. The maximum Gasteiger partial charge on any atom is 0.251 e. The van der Waals surface area contributed by atoms with Gasteiger partial charge in [0, 0.05) is 36.1 Å². The van der Waals surface area contributed by atoms with E-state index in [-0.39, 0.29) is 24.3 Å². The highest BCUT2D eigenvalue weighted by atomic mass is 16.2. The molecule has 0 saturated heterocycles. The van der Waals surface area contributed by atoms with Gasteiger partial charge in [-0.3, -0.25) is 14.4 Å². The Balaban J connectivity index is 1.87. The molecule has 0 unspecified atom stereocenters. The molecule has 136 valence electrons. The number of anilines is 3. The Morgan fingerprint density at radius 3 is 2.15 bits per heavy atom. The van der Waals surface area contributed by atoms with Gasteiger partial charge in [-0.15, -0.1) is 0 Å². The predicted molar refractivity (Wildman–Crippen MR) is 102 cm³/mol. The van der Waals surface area contributed by atoms with Crippen LogP contribution >= 0.6 is 0 Å². The summed E-state index contributed by atoms with van der Waals surface area (Å²) in [5.74, 6) is -0.472. The summed E-state index contributed by atoms with van der Waals surface area (Å²) in [5.41, 5.74) is 2.53. The van der Waals surface area contributed by atoms with Crippen molar-refractivity contribution in [1.82, 2.24) is 5.32 Å². The first-order valence-corrected chi connectivity index (χ1v) is 8.27. The quantitative estimate of drug-likeness (QED) is 0.614. The average Bonchev–Trinajstić information content (AvgIpc) is 2.66. The second kappa shape index (κ2) is 9.22. The highest BCUT2D eigenvalue weighted by molar-refractivity contribution is 5.96. The van der Waals surface area contributed by atoms with E-state index >= 15 is 0 Å². The van der Waals surface area contributed by atoms with Gasteiger partial charge in [0.2, 0.25) is 11.8 Å². The molecule has 0 aliphatic rings. The minimum Gasteiger partial charge on any atom is -0.376 e. The van der Waals surface area contributed by atoms with Gasteiger partial charge in [0.05, 0.1) is 6.54 Å². The Morgan fingerprint density at radius 1 is 0.846 bits per heavy atom. The van der Waals surface area contributed by atoms with Crippen molar-refractivity contribution in [2.45, 2.75) is 13.3 Å². The minimum absolute atomic E-state index is 0.0694. The fraction of sp³-hybridized carbons (Fsp3) is 0.211. The first kappa shape index (κ1) is 19.0. The van der Waals surface area contributed by atoms with Gasteiger partial charge in [0.25, 0.3) is 5.91 Å². The van der Waals surface area contributed by atoms with E-state index in [2.05, 4.69) is 21.3 Å². The number of rotatable bonds is 7. The summed E-state index contributed by atoms with van der Waals surface area (Å²) in [6, 6.07) is 13.8. The molecule has 0 fully saturated rings. The van der Waals surface area contributed by atoms with Crippen molar-refractivity contribution in [3.05, 3.63) is 54.1 Å². The molecule has 0 aliphatic heterocycles. The molecule has 0 saturated carbocycles. The van der Waals surface area contributed by atoms with Crippen LogP contribution in [0.15, 0.2) is 48.5 Å². The molecule has 26 heavy (non-hydrogen) atoms. The number of amides is 3. The van der Waals surface area contributed by atoms with Gasteiger partial charge in [-0.1, -0.05) is 13.0 Å². The topological polar surface area (TPSA) is 99.3 Å². The molecule has 0 radical (unpaired) electrons. The van der Waals surface area contributed by atoms with E-state index < -0.39 is 0 Å². The largest absolute Gasteiger partial charge is 0.376 e. The first-order valence-electron chi connectivity index (χ1n) is 8.27. The molecule has 2 aromatic rings. The summed E-state index contributed by atoms with van der Waals surface area (Å²) < 4.78 is 0. The molecule has 3 amide bonds. The van der Waals surface area contributed by atoms with Crippen LogP contribution in [-0.4, -0.2) is 31.3 Å². The van der Waals surface area contributed by atoms with Gasteiger partial charge in [-0.25, -0.2) is 0 Å². The van der Waals surface area contributed by atoms with Gasteiger partial charge >= 0.3 is 0 Å². The lowest BCUT2D eigenvalue weighted by molar-refractivity contribution is -0.116. The average molecular weight is 354 g/mol. The van der Waals surface area contributed by atoms with Crippen LogP contribution < -0.4 is 21.3 Å². The standard InChI is InChI=1S/C19H22N4O3/c1-3-17(24)23-16-6-4-5-15(11-16)21-12-18(25)22-14-9-7-13(8-10-14)19(26)20-2/h4-11,21H,3,12H2,1-2H3,(H,20,26)(H,22,25)(H,23,24). The van der Waals surface area contributed by atoms with Gasteiger partial charge in [-0.05, 0) is 42.5 Å². The third-order valence-corrected chi connectivity index (χ3v) is 3.58. The fourth-order valence-electron chi connectivity index (χ4n) is 2.19. The lowest BCUT2D eigenvalue weighted by Gasteiger charge is -2.10. The minimum atomic E-state index is -0.222. The molecule has 0 heterocycles. The Morgan fingerprint density at radius 2 is 1.50 bits per heavy atom. The van der Waals surface area contributed by atoms with Crippen LogP contribution in [0.25, 0.3) is 0 Å². The maximum absolute atomic E-state index is 12.0. The van der Waals surface area contributed by atoms with Gasteiger partial charge in [0.1, 0.15) is 0 Å². The predicted octanol–water partition coefficient (Wildman–Crippen LogP) is 2.45. The molecule has 0 aromatic heterocycles. The molecular formula is C19H22N4O3. The summed E-state index contributed by atoms with van der Waals surface area (Å²) >= 11 is 0. The SMILES string of the molecule is CCC(=O)Nc1cccc(NCC(=O)Nc2ccc(C(=O)NC)cc2)c1. The van der Waals surface area contributed by atoms with E-state index in [1.165, 1.54) is 0 Å². The van der Waals surface area contributed by atoms with Gasteiger partial charge < -0.3 is 21.3 Å². The van der Waals surface area contributed by atoms with Crippen molar-refractivity contribution >= 4 is 34.8 Å². The van der Waals surface area contributed by atoms with Crippen LogP contribution in [0.5, 0.6) is 0 Å². The number of carbonyl (C=O) groups excluding carboxylic acids is 3. The molecule has 7 nitrogen and oxygen atoms in total. The molecule has 0 bridgehead atoms. The van der Waals surface area contributed by atoms with E-state index in [4.69, 9.17) is 0 Å². The van der Waals surface area contributed by atoms with Gasteiger partial charge in [0.15, 0.2) is 0 Å². The molecular weight excluding hydrogens is 332 g/mol. The number of hydrogen-bond donors (Lipinski definition) is 4. The lowest BCUT2D eigenvalue weighted by atomic mass is 10.2. The van der Waals surface area contributed by atoms with Crippen molar-refractivity contribution in [2.75, 3.05) is 29.5 Å². The van der Waals surface area contributed by atoms with Crippen molar-refractivity contribution in [3.63, 3.8) is 0 Å². The van der Waals surface area contributed by atoms with E-state index in [1.54, 1.807) is 56.4 Å². The van der Waals surface area contributed by atoms with Crippen LogP contribution in [0, 0.1) is 0 Å². The van der Waals surface area contributed by atoms with Crippen LogP contribution in [-0.2, 0) is 9.59 Å². The third-order valence-electron chi connectivity index (χ3n) is 3.58. The zero-order chi connectivity index (χ0) is 18.9. The molecule has 0 atom stereocenters. The summed E-state index contributed by atoms with van der Waals surface area (Å²) in [6.07, 6.45) is 0.402. The van der Waals surface area contributed by atoms with Crippen molar-refractivity contribution in [2.24, 2.45) is 0 Å². The highest BCUT2D eigenvalue weighted by Gasteiger charge is 2.06. The van der Waals surface area contributed by atoms with E-state index in [9.17, 15) is 14.4 Å². The highest BCUT2D eigenvalue weighted by Crippen LogP contribution is 2.15. The Hall–Kier alpha value is -3.35. The van der Waals surface area contributed by atoms with E-state index in [1.807, 2.05) is 6.07 Å². The number of carbonyl (C=O) groups is 3. The normalized spacial score (nSPS) is 9.92. The smallest absolute Gasteiger partial charge is 0.251 e. The van der Waals surface area contributed by atoms with E-state index in [0.717, 1.165) is 5.69 Å². The van der Waals surface area contributed by atoms with Crippen molar-refractivity contribution in [3.8, 4) is 0 Å². The Labute approximate surface area is 152 Å². The van der Waals surface area contributed by atoms with Crippen molar-refractivity contribution < 1.29 is 14.4 Å². The van der Waals surface area contributed by atoms with Crippen LogP contribution in [0.3, 0.4) is 0 Å². The monoisotopic (exact) mass is 354 g/mol. The molecule has 0 aliphatic carbocycles. The summed E-state index contributed by atoms with van der Waals surface area (Å²) in [6.45, 7) is 1.85. The van der Waals surface area contributed by atoms with Crippen LogP contribution in [0.1, 0.15) is 23.7 Å². The molecule has 7 heteroatoms. The molecule has 2 rings (SSSR count).